The van der Waals surface area contributed by atoms with Crippen molar-refractivity contribution >= 4 is 16.1 Å². The summed E-state index contributed by atoms with van der Waals surface area (Å²) in [5.41, 5.74) is 5.04. The molecular formula is C4H9NO5S. The van der Waals surface area contributed by atoms with Gasteiger partial charge in [0.2, 0.25) is 0 Å². The van der Waals surface area contributed by atoms with Crippen LogP contribution in [0.15, 0.2) is 0 Å². The summed E-state index contributed by atoms with van der Waals surface area (Å²) < 4.78 is 28.4. The molecule has 11 heavy (non-hydrogen) atoms. The largest absolute Gasteiger partial charge is 0.481 e. The Morgan fingerprint density at radius 2 is 2.00 bits per heavy atom. The summed E-state index contributed by atoms with van der Waals surface area (Å²) in [6, 6.07) is -1.05. The highest BCUT2D eigenvalue weighted by molar-refractivity contribution is 7.85. The van der Waals surface area contributed by atoms with Crippen LogP contribution in [0.4, 0.5) is 0 Å². The molecule has 0 aliphatic rings. The van der Waals surface area contributed by atoms with Crippen LogP contribution in [0.2, 0.25) is 0 Å². The summed E-state index contributed by atoms with van der Waals surface area (Å²) >= 11 is 0. The van der Waals surface area contributed by atoms with Crippen LogP contribution in [0.1, 0.15) is 6.42 Å². The summed E-state index contributed by atoms with van der Waals surface area (Å²) in [7, 11) is -4.16. The molecule has 0 aliphatic heterocycles. The van der Waals surface area contributed by atoms with Crippen molar-refractivity contribution in [2.45, 2.75) is 12.5 Å². The maximum absolute atomic E-state index is 10.1. The second-order valence-electron chi connectivity index (χ2n) is 2.11. The minimum Gasteiger partial charge on any atom is -0.481 e. The van der Waals surface area contributed by atoms with Gasteiger partial charge in [-0.1, -0.05) is 0 Å². The monoisotopic (exact) mass is 183 g/mol. The zero-order valence-corrected chi connectivity index (χ0v) is 6.41. The Hall–Kier alpha value is -0.660. The van der Waals surface area contributed by atoms with Crippen molar-refractivity contribution in [3.8, 4) is 0 Å². The molecule has 0 aliphatic carbocycles. The molecule has 1 atom stereocenters. The van der Waals surface area contributed by atoms with E-state index in [9.17, 15) is 13.2 Å². The van der Waals surface area contributed by atoms with Crippen LogP contribution in [0.25, 0.3) is 0 Å². The number of aliphatic carboxylic acids is 1. The van der Waals surface area contributed by atoms with Crippen molar-refractivity contribution in [2.75, 3.05) is 5.75 Å². The van der Waals surface area contributed by atoms with Crippen LogP contribution in [0.3, 0.4) is 0 Å². The highest BCUT2D eigenvalue weighted by Crippen LogP contribution is 1.92. The Morgan fingerprint density at radius 1 is 1.55 bits per heavy atom. The number of hydrogen-bond donors (Lipinski definition) is 3. The van der Waals surface area contributed by atoms with E-state index < -0.39 is 34.3 Å². The predicted octanol–water partition coefficient (Wildman–Crippen LogP) is -1.32. The molecular weight excluding hydrogens is 174 g/mol. The van der Waals surface area contributed by atoms with Gasteiger partial charge >= 0.3 is 5.97 Å². The number of carboxylic acids is 1. The zero-order valence-electron chi connectivity index (χ0n) is 5.60. The Balaban J connectivity index is 3.89. The molecule has 0 fully saturated rings. The lowest BCUT2D eigenvalue weighted by Gasteiger charge is -2.04. The van der Waals surface area contributed by atoms with E-state index in [1.54, 1.807) is 0 Å². The first-order valence-corrected chi connectivity index (χ1v) is 4.34. The van der Waals surface area contributed by atoms with Crippen LogP contribution < -0.4 is 5.73 Å². The van der Waals surface area contributed by atoms with Gasteiger partial charge in [0.15, 0.2) is 0 Å². The molecule has 0 saturated carbocycles. The van der Waals surface area contributed by atoms with Gasteiger partial charge in [0.05, 0.1) is 12.2 Å². The van der Waals surface area contributed by atoms with E-state index in [1.165, 1.54) is 0 Å². The SMILES string of the molecule is N[C@@H](CC(=O)O)CS(=O)(=O)O. The van der Waals surface area contributed by atoms with E-state index in [4.69, 9.17) is 15.4 Å². The van der Waals surface area contributed by atoms with Crippen molar-refractivity contribution in [3.63, 3.8) is 0 Å². The molecule has 4 N–H and O–H groups in total. The normalized spacial score (nSPS) is 14.4. The third kappa shape index (κ3) is 7.23. The third-order valence-corrected chi connectivity index (χ3v) is 1.71. The average Bonchev–Trinajstić information content (AvgIpc) is 1.53. The molecule has 0 aromatic rings. The van der Waals surface area contributed by atoms with Gasteiger partial charge in [-0.15, -0.1) is 0 Å². The molecule has 0 heterocycles. The standard InChI is InChI=1S/C4H9NO5S/c5-3(1-4(6)7)2-11(8,9)10/h3H,1-2,5H2,(H,6,7)(H,8,9,10)/t3-/m0/s1. The predicted molar refractivity (Wildman–Crippen MR) is 36.6 cm³/mol. The zero-order chi connectivity index (χ0) is 9.07. The lowest BCUT2D eigenvalue weighted by molar-refractivity contribution is -0.137. The molecule has 0 unspecified atom stereocenters. The first kappa shape index (κ1) is 10.3. The Morgan fingerprint density at radius 3 is 2.27 bits per heavy atom. The van der Waals surface area contributed by atoms with E-state index in [0.29, 0.717) is 0 Å². The Kier molecular flexibility index (Phi) is 3.43. The first-order chi connectivity index (χ1) is 4.81. The second kappa shape index (κ2) is 3.65. The second-order valence-corrected chi connectivity index (χ2v) is 3.60. The van der Waals surface area contributed by atoms with Crippen molar-refractivity contribution < 1.29 is 22.9 Å². The van der Waals surface area contributed by atoms with E-state index in [1.807, 2.05) is 0 Å². The van der Waals surface area contributed by atoms with Gasteiger partial charge < -0.3 is 10.8 Å². The minimum atomic E-state index is -4.16. The van der Waals surface area contributed by atoms with E-state index in [0.717, 1.165) is 0 Å². The molecule has 66 valence electrons. The van der Waals surface area contributed by atoms with Crippen molar-refractivity contribution in [1.82, 2.24) is 0 Å². The van der Waals surface area contributed by atoms with Crippen LogP contribution in [0.5, 0.6) is 0 Å². The summed E-state index contributed by atoms with van der Waals surface area (Å²) in [4.78, 5) is 9.94. The quantitative estimate of drug-likeness (QED) is 0.465. The summed E-state index contributed by atoms with van der Waals surface area (Å²) in [6.45, 7) is 0. The van der Waals surface area contributed by atoms with Gasteiger partial charge in [-0.2, -0.15) is 8.42 Å². The highest BCUT2D eigenvalue weighted by Gasteiger charge is 2.15. The van der Waals surface area contributed by atoms with Crippen LogP contribution in [-0.4, -0.2) is 35.8 Å². The van der Waals surface area contributed by atoms with Crippen LogP contribution in [-0.2, 0) is 14.9 Å². The molecule has 0 aromatic carbocycles. The number of nitrogens with two attached hydrogens (primary N) is 1. The Bertz CT molecular complexity index is 233. The van der Waals surface area contributed by atoms with E-state index >= 15 is 0 Å². The maximum atomic E-state index is 10.1. The molecule has 0 spiro atoms. The molecule has 7 heteroatoms. The average molecular weight is 183 g/mol. The molecule has 6 nitrogen and oxygen atoms in total. The molecule has 0 radical (unpaired) electrons. The fourth-order valence-electron chi connectivity index (χ4n) is 0.554. The number of carbonyl (C=O) groups is 1. The summed E-state index contributed by atoms with van der Waals surface area (Å²) in [5, 5.41) is 8.12. The Labute approximate surface area is 63.8 Å². The van der Waals surface area contributed by atoms with Gasteiger partial charge in [0.1, 0.15) is 0 Å². The lowest BCUT2D eigenvalue weighted by atomic mass is 10.3. The van der Waals surface area contributed by atoms with Crippen molar-refractivity contribution in [2.24, 2.45) is 5.73 Å². The molecule has 0 amide bonds. The van der Waals surface area contributed by atoms with Crippen molar-refractivity contribution in [3.05, 3.63) is 0 Å². The molecule has 0 rings (SSSR count). The smallest absolute Gasteiger partial charge is 0.304 e. The molecule has 0 saturated heterocycles. The van der Waals surface area contributed by atoms with Gasteiger partial charge in [-0.25, -0.2) is 0 Å². The topological polar surface area (TPSA) is 118 Å². The number of carboxylic acid groups (broad SMARTS) is 1. The van der Waals surface area contributed by atoms with Gasteiger partial charge in [0.25, 0.3) is 10.1 Å². The van der Waals surface area contributed by atoms with Gasteiger partial charge in [-0.3, -0.25) is 9.35 Å². The fraction of sp³-hybridized carbons (Fsp3) is 0.750. The number of rotatable bonds is 4. The molecule has 0 bridgehead atoms. The van der Waals surface area contributed by atoms with E-state index in [2.05, 4.69) is 0 Å². The van der Waals surface area contributed by atoms with E-state index in [-0.39, 0.29) is 0 Å². The van der Waals surface area contributed by atoms with Crippen molar-refractivity contribution in [1.29, 1.82) is 0 Å². The third-order valence-electron chi connectivity index (χ3n) is 0.862. The van der Waals surface area contributed by atoms with Gasteiger partial charge in [-0.05, 0) is 0 Å². The van der Waals surface area contributed by atoms with Crippen LogP contribution in [0, 0.1) is 0 Å². The fourth-order valence-corrected chi connectivity index (χ4v) is 1.21. The summed E-state index contributed by atoms with van der Waals surface area (Å²) in [5.74, 6) is -1.92. The first-order valence-electron chi connectivity index (χ1n) is 2.74. The number of hydrogen-bond acceptors (Lipinski definition) is 4. The maximum Gasteiger partial charge on any atom is 0.304 e. The summed E-state index contributed by atoms with van der Waals surface area (Å²) in [6.07, 6.45) is -0.472. The molecule has 0 aromatic heterocycles. The van der Waals surface area contributed by atoms with Gasteiger partial charge in [0, 0.05) is 6.04 Å². The minimum absolute atomic E-state index is 0.472. The lowest BCUT2D eigenvalue weighted by Crippen LogP contribution is -2.31. The van der Waals surface area contributed by atoms with Crippen LogP contribution >= 0.6 is 0 Å². The highest BCUT2D eigenvalue weighted by atomic mass is 32.2.